The molecule has 0 atom stereocenters. The van der Waals surface area contributed by atoms with E-state index in [2.05, 4.69) is 25.6 Å². The lowest BCUT2D eigenvalue weighted by Crippen LogP contribution is -2.40. The van der Waals surface area contributed by atoms with E-state index in [1.54, 1.807) is 25.6 Å². The van der Waals surface area contributed by atoms with Crippen molar-refractivity contribution in [1.29, 1.82) is 0 Å². The molecular formula is C22H31ClN6O4. The second-order valence-electron chi connectivity index (χ2n) is 8.32. The number of H-pyrrole nitrogens is 1. The Balaban J connectivity index is 0.000000234. The number of imidazole rings is 1. The maximum atomic E-state index is 11.9. The number of amides is 3. The fraction of sp³-hybridized carbons (Fsp3) is 0.500. The van der Waals surface area contributed by atoms with Gasteiger partial charge in [0, 0.05) is 25.8 Å². The standard InChI is InChI=1S/C12H15ClN2O.C10H16N4O3/c13-10-6-7-14-8-11(10)15-12(16)9-4-2-1-3-5-9;1-10(2,17-3)4-12-9(16)7-6(8(11)15)13-5-14-7/h6-9H,1-5H2,(H,15,16);5H,4H2,1-3H3,(H2,11,15)(H,12,16)(H,13,14). The van der Waals surface area contributed by atoms with Crippen LogP contribution in [0, 0.1) is 5.92 Å². The summed E-state index contributed by atoms with van der Waals surface area (Å²) in [6.45, 7) is 3.96. The predicted molar refractivity (Wildman–Crippen MR) is 125 cm³/mol. The van der Waals surface area contributed by atoms with Gasteiger partial charge in [0.05, 0.1) is 28.8 Å². The Labute approximate surface area is 198 Å². The topological polar surface area (TPSA) is 152 Å². The molecule has 33 heavy (non-hydrogen) atoms. The van der Waals surface area contributed by atoms with Crippen LogP contribution in [0.4, 0.5) is 5.69 Å². The molecule has 3 amide bonds. The minimum Gasteiger partial charge on any atom is -0.377 e. The summed E-state index contributed by atoms with van der Waals surface area (Å²) < 4.78 is 5.15. The smallest absolute Gasteiger partial charge is 0.270 e. The number of aromatic nitrogens is 3. The number of hydrogen-bond donors (Lipinski definition) is 4. The Morgan fingerprint density at radius 1 is 1.27 bits per heavy atom. The van der Waals surface area contributed by atoms with E-state index in [-0.39, 0.29) is 23.2 Å². The zero-order chi connectivity index (χ0) is 24.4. The first-order valence-electron chi connectivity index (χ1n) is 10.7. The fourth-order valence-corrected chi connectivity index (χ4v) is 3.33. The third kappa shape index (κ3) is 8.14. The van der Waals surface area contributed by atoms with Crippen LogP contribution in [0.5, 0.6) is 0 Å². The molecule has 11 heteroatoms. The van der Waals surface area contributed by atoms with Crippen LogP contribution in [0.3, 0.4) is 0 Å². The van der Waals surface area contributed by atoms with Crippen LogP contribution in [0.2, 0.25) is 5.02 Å². The molecule has 0 aromatic carbocycles. The largest absolute Gasteiger partial charge is 0.377 e. The van der Waals surface area contributed by atoms with Crippen molar-refractivity contribution in [1.82, 2.24) is 20.3 Å². The van der Waals surface area contributed by atoms with Crippen LogP contribution in [0.1, 0.15) is 66.9 Å². The number of nitrogens with zero attached hydrogens (tertiary/aromatic N) is 2. The van der Waals surface area contributed by atoms with Gasteiger partial charge in [-0.2, -0.15) is 0 Å². The number of ether oxygens (including phenoxy) is 1. The van der Waals surface area contributed by atoms with Gasteiger partial charge in [0.15, 0.2) is 5.69 Å². The molecule has 0 aliphatic heterocycles. The number of nitrogens with one attached hydrogen (secondary N) is 3. The van der Waals surface area contributed by atoms with E-state index in [0.717, 1.165) is 25.7 Å². The number of halogens is 1. The SMILES string of the molecule is COC(C)(C)CNC(=O)c1[nH]cnc1C(N)=O.O=C(Nc1cnccc1Cl)C1CCCCC1. The normalized spacial score (nSPS) is 14.1. The number of aromatic amines is 1. The number of carbonyl (C=O) groups is 3. The molecule has 1 aliphatic rings. The summed E-state index contributed by atoms with van der Waals surface area (Å²) in [5.41, 5.74) is 5.19. The minimum absolute atomic E-state index is 0.0596. The second-order valence-corrected chi connectivity index (χ2v) is 8.72. The van der Waals surface area contributed by atoms with Gasteiger partial charge in [-0.05, 0) is 32.8 Å². The van der Waals surface area contributed by atoms with Gasteiger partial charge in [0.2, 0.25) is 5.91 Å². The number of methoxy groups -OCH3 is 1. The zero-order valence-corrected chi connectivity index (χ0v) is 19.9. The maximum Gasteiger partial charge on any atom is 0.270 e. The van der Waals surface area contributed by atoms with Gasteiger partial charge >= 0.3 is 0 Å². The lowest BCUT2D eigenvalue weighted by molar-refractivity contribution is -0.120. The fourth-order valence-electron chi connectivity index (χ4n) is 3.18. The molecule has 2 aromatic rings. The van der Waals surface area contributed by atoms with Crippen molar-refractivity contribution < 1.29 is 19.1 Å². The molecule has 2 heterocycles. The average Bonchev–Trinajstić information content (AvgIpc) is 3.31. The molecule has 1 aliphatic carbocycles. The van der Waals surface area contributed by atoms with Crippen LogP contribution in [-0.2, 0) is 9.53 Å². The van der Waals surface area contributed by atoms with Crippen molar-refractivity contribution in [3.05, 3.63) is 41.2 Å². The van der Waals surface area contributed by atoms with Crippen molar-refractivity contribution >= 4 is 35.0 Å². The van der Waals surface area contributed by atoms with Crippen molar-refractivity contribution in [3.8, 4) is 0 Å². The van der Waals surface area contributed by atoms with Crippen LogP contribution in [-0.4, -0.2) is 51.9 Å². The summed E-state index contributed by atoms with van der Waals surface area (Å²) in [4.78, 5) is 44.8. The molecule has 1 saturated carbocycles. The van der Waals surface area contributed by atoms with Gasteiger partial charge in [-0.3, -0.25) is 19.4 Å². The van der Waals surface area contributed by atoms with E-state index in [4.69, 9.17) is 22.1 Å². The van der Waals surface area contributed by atoms with Gasteiger partial charge < -0.3 is 26.1 Å². The number of rotatable bonds is 7. The molecule has 0 spiro atoms. The Bertz CT molecular complexity index is 956. The molecule has 0 unspecified atom stereocenters. The van der Waals surface area contributed by atoms with Crippen molar-refractivity contribution in [2.24, 2.45) is 11.7 Å². The van der Waals surface area contributed by atoms with Crippen LogP contribution >= 0.6 is 11.6 Å². The lowest BCUT2D eigenvalue weighted by atomic mass is 9.88. The van der Waals surface area contributed by atoms with Gasteiger partial charge in [-0.1, -0.05) is 30.9 Å². The van der Waals surface area contributed by atoms with E-state index >= 15 is 0 Å². The third-order valence-electron chi connectivity index (χ3n) is 5.33. The first-order chi connectivity index (χ1) is 15.6. The molecule has 0 radical (unpaired) electrons. The number of pyridine rings is 1. The Kier molecular flexibility index (Phi) is 9.80. The predicted octanol–water partition coefficient (Wildman–Crippen LogP) is 2.92. The summed E-state index contributed by atoms with van der Waals surface area (Å²) in [6.07, 6.45) is 9.97. The number of nitrogens with two attached hydrogens (primary N) is 1. The van der Waals surface area contributed by atoms with E-state index < -0.39 is 17.4 Å². The van der Waals surface area contributed by atoms with Crippen molar-refractivity contribution in [3.63, 3.8) is 0 Å². The Morgan fingerprint density at radius 3 is 2.58 bits per heavy atom. The van der Waals surface area contributed by atoms with Crippen LogP contribution < -0.4 is 16.4 Å². The van der Waals surface area contributed by atoms with E-state index in [0.29, 0.717) is 17.3 Å². The van der Waals surface area contributed by atoms with Gasteiger partial charge in [0.1, 0.15) is 5.69 Å². The molecule has 180 valence electrons. The highest BCUT2D eigenvalue weighted by Crippen LogP contribution is 2.26. The van der Waals surface area contributed by atoms with Crippen molar-refractivity contribution in [2.75, 3.05) is 19.0 Å². The number of carbonyl (C=O) groups excluding carboxylic acids is 3. The molecule has 5 N–H and O–H groups in total. The van der Waals surface area contributed by atoms with E-state index in [1.807, 2.05) is 13.8 Å². The first kappa shape index (κ1) is 26.3. The Morgan fingerprint density at radius 2 is 1.97 bits per heavy atom. The number of primary amides is 1. The maximum absolute atomic E-state index is 11.9. The Hall–Kier alpha value is -2.98. The highest BCUT2D eigenvalue weighted by atomic mass is 35.5. The van der Waals surface area contributed by atoms with Gasteiger partial charge in [0.25, 0.3) is 11.8 Å². The molecule has 2 aromatic heterocycles. The molecule has 3 rings (SSSR count). The summed E-state index contributed by atoms with van der Waals surface area (Å²) in [7, 11) is 1.55. The monoisotopic (exact) mass is 478 g/mol. The average molecular weight is 479 g/mol. The third-order valence-corrected chi connectivity index (χ3v) is 5.66. The summed E-state index contributed by atoms with van der Waals surface area (Å²) in [5.74, 6) is -0.969. The molecule has 0 bridgehead atoms. The molecule has 10 nitrogen and oxygen atoms in total. The summed E-state index contributed by atoms with van der Waals surface area (Å²) in [5, 5.41) is 6.02. The summed E-state index contributed by atoms with van der Waals surface area (Å²) in [6, 6.07) is 1.68. The second kappa shape index (κ2) is 12.3. The highest BCUT2D eigenvalue weighted by molar-refractivity contribution is 6.33. The van der Waals surface area contributed by atoms with Crippen molar-refractivity contribution in [2.45, 2.75) is 51.6 Å². The van der Waals surface area contributed by atoms with Crippen LogP contribution in [0.25, 0.3) is 0 Å². The quantitative estimate of drug-likeness (QED) is 0.480. The van der Waals surface area contributed by atoms with Gasteiger partial charge in [-0.25, -0.2) is 4.98 Å². The number of hydrogen-bond acceptors (Lipinski definition) is 6. The lowest BCUT2D eigenvalue weighted by Gasteiger charge is -2.22. The molecule has 1 fully saturated rings. The highest BCUT2D eigenvalue weighted by Gasteiger charge is 2.22. The van der Waals surface area contributed by atoms with E-state index in [9.17, 15) is 14.4 Å². The molecule has 0 saturated heterocycles. The van der Waals surface area contributed by atoms with Gasteiger partial charge in [-0.15, -0.1) is 0 Å². The van der Waals surface area contributed by atoms with Crippen LogP contribution in [0.15, 0.2) is 24.8 Å². The zero-order valence-electron chi connectivity index (χ0n) is 19.1. The minimum atomic E-state index is -0.748. The molecular weight excluding hydrogens is 448 g/mol. The number of anilines is 1. The van der Waals surface area contributed by atoms with E-state index in [1.165, 1.54) is 12.7 Å². The summed E-state index contributed by atoms with van der Waals surface area (Å²) >= 11 is 5.95. The first-order valence-corrected chi connectivity index (χ1v) is 11.1.